The molecule has 0 amide bonds. The van der Waals surface area contributed by atoms with Crippen LogP contribution in [0.5, 0.6) is 0 Å². The van der Waals surface area contributed by atoms with Gasteiger partial charge in [-0.25, -0.2) is 0 Å². The van der Waals surface area contributed by atoms with E-state index in [2.05, 4.69) is 6.92 Å². The second kappa shape index (κ2) is 1.76. The van der Waals surface area contributed by atoms with Crippen molar-refractivity contribution in [2.75, 3.05) is 0 Å². The molecule has 0 radical (unpaired) electrons. The van der Waals surface area contributed by atoms with Crippen molar-refractivity contribution in [3.8, 4) is 0 Å². The van der Waals surface area contributed by atoms with Crippen LogP contribution in [0.4, 0.5) is 0 Å². The highest BCUT2D eigenvalue weighted by Crippen LogP contribution is 3.21. The lowest BCUT2D eigenvalue weighted by molar-refractivity contribution is -0.615. The van der Waals surface area contributed by atoms with Gasteiger partial charge in [0.25, 0.3) is 0 Å². The maximum atomic E-state index is 7.43. The fourth-order valence-electron chi connectivity index (χ4n) is 14.2. The van der Waals surface area contributed by atoms with E-state index in [4.69, 9.17) is 5.73 Å². The average molecular weight is 265 g/mol. The van der Waals surface area contributed by atoms with Crippen LogP contribution in [-0.2, 0) is 0 Å². The number of nitrogens with two attached hydrogens (primary N) is 1. The van der Waals surface area contributed by atoms with Crippen molar-refractivity contribution in [2.24, 2.45) is 74.7 Å². The highest BCUT2D eigenvalue weighted by atomic mass is 15.3. The van der Waals surface area contributed by atoms with Gasteiger partial charge in [-0.3, -0.25) is 0 Å². The molecule has 2 N–H and O–H groups in total. The lowest BCUT2D eigenvalue weighted by Crippen LogP contribution is -3.05. The average Bonchev–Trinajstić information content (AvgIpc) is 2.52. The van der Waals surface area contributed by atoms with Gasteiger partial charge in [0.05, 0.1) is 0 Å². The standard InChI is InChI=1S/C19H23N/c1-15-10-5-7-6-16(15,20)18-11(7)12-8-3-2-4-9-13(14(10)18)19(12,18)17(8,9)15/h7-14H,2-6,20H2,1H3. The maximum Gasteiger partial charge on any atom is 0.0288 e. The first-order chi connectivity index (χ1) is 9.67. The van der Waals surface area contributed by atoms with Gasteiger partial charge in [-0.1, -0.05) is 13.3 Å². The topological polar surface area (TPSA) is 26.0 Å². The monoisotopic (exact) mass is 265 g/mol. The molecule has 3 spiro atoms. The van der Waals surface area contributed by atoms with Crippen LogP contribution < -0.4 is 5.73 Å². The van der Waals surface area contributed by atoms with E-state index in [1.54, 1.807) is 25.7 Å². The van der Waals surface area contributed by atoms with Crippen LogP contribution in [0.1, 0.15) is 39.0 Å². The zero-order valence-electron chi connectivity index (χ0n) is 12.2. The summed E-state index contributed by atoms with van der Waals surface area (Å²) in [6.45, 7) is 2.75. The maximum absolute atomic E-state index is 7.43. The molecular formula is C19H23N. The van der Waals surface area contributed by atoms with Crippen LogP contribution in [0, 0.1) is 69.0 Å². The summed E-state index contributed by atoms with van der Waals surface area (Å²) in [6, 6.07) is 0. The summed E-state index contributed by atoms with van der Waals surface area (Å²) in [5.41, 5.74) is 10.8. The Morgan fingerprint density at radius 2 is 1.55 bits per heavy atom. The van der Waals surface area contributed by atoms with Crippen molar-refractivity contribution in [1.82, 2.24) is 0 Å². The molecule has 5 bridgehead atoms. The van der Waals surface area contributed by atoms with Gasteiger partial charge in [0.15, 0.2) is 0 Å². The van der Waals surface area contributed by atoms with Crippen molar-refractivity contribution in [3.63, 3.8) is 0 Å². The molecule has 1 nitrogen and oxygen atoms in total. The van der Waals surface area contributed by atoms with Crippen molar-refractivity contribution >= 4 is 0 Å². The number of fused-ring (bicyclic) bond motifs is 2. The van der Waals surface area contributed by atoms with E-state index in [1.807, 2.05) is 0 Å². The third-order valence-electron chi connectivity index (χ3n) is 12.7. The zero-order valence-corrected chi connectivity index (χ0v) is 12.2. The Bertz CT molecular complexity index is 700. The lowest BCUT2D eigenvalue weighted by atomic mass is 8.96. The molecule has 0 aromatic carbocycles. The minimum absolute atomic E-state index is 0.316. The first kappa shape index (κ1) is 9.18. The summed E-state index contributed by atoms with van der Waals surface area (Å²) in [5, 5.41) is 0. The molecule has 10 rings (SSSR count). The molecule has 10 aliphatic carbocycles. The molecular weight excluding hydrogens is 242 g/mol. The summed E-state index contributed by atoms with van der Waals surface area (Å²) < 4.78 is 0. The minimum Gasteiger partial charge on any atom is -0.324 e. The number of hydrogen-bond acceptors (Lipinski definition) is 1. The van der Waals surface area contributed by atoms with Gasteiger partial charge in [-0.15, -0.1) is 0 Å². The van der Waals surface area contributed by atoms with Crippen LogP contribution in [0.15, 0.2) is 0 Å². The van der Waals surface area contributed by atoms with Gasteiger partial charge in [0.1, 0.15) is 0 Å². The first-order valence-corrected chi connectivity index (χ1v) is 9.45. The predicted octanol–water partition coefficient (Wildman–Crippen LogP) is 2.65. The predicted molar refractivity (Wildman–Crippen MR) is 73.3 cm³/mol. The van der Waals surface area contributed by atoms with Crippen LogP contribution in [-0.4, -0.2) is 5.54 Å². The van der Waals surface area contributed by atoms with Crippen molar-refractivity contribution in [3.05, 3.63) is 0 Å². The van der Waals surface area contributed by atoms with Gasteiger partial charge in [-0.2, -0.15) is 0 Å². The van der Waals surface area contributed by atoms with Crippen molar-refractivity contribution in [1.29, 1.82) is 0 Å². The lowest BCUT2D eigenvalue weighted by Gasteiger charge is -3.07. The van der Waals surface area contributed by atoms with Crippen LogP contribution in [0.2, 0.25) is 0 Å². The Labute approximate surface area is 120 Å². The SMILES string of the molecule is CC12C3CC4CC1(N)C15C4C4C6CCCC7C(C31)C45C672. The van der Waals surface area contributed by atoms with E-state index >= 15 is 0 Å². The Morgan fingerprint density at radius 1 is 0.850 bits per heavy atom. The summed E-state index contributed by atoms with van der Waals surface area (Å²) in [6.07, 6.45) is 7.81. The first-order valence-electron chi connectivity index (χ1n) is 9.45. The van der Waals surface area contributed by atoms with Gasteiger partial charge in [0.2, 0.25) is 0 Å². The molecule has 104 valence electrons. The van der Waals surface area contributed by atoms with E-state index in [9.17, 15) is 0 Å². The summed E-state index contributed by atoms with van der Waals surface area (Å²) in [4.78, 5) is 0. The van der Waals surface area contributed by atoms with Crippen LogP contribution in [0.3, 0.4) is 0 Å². The van der Waals surface area contributed by atoms with Crippen LogP contribution >= 0.6 is 0 Å². The van der Waals surface area contributed by atoms with Gasteiger partial charge < -0.3 is 5.73 Å². The number of rotatable bonds is 0. The Kier molecular flexibility index (Phi) is 0.807. The van der Waals surface area contributed by atoms with E-state index in [0.717, 1.165) is 51.8 Å². The Balaban J connectivity index is 1.55. The highest BCUT2D eigenvalue weighted by molar-refractivity contribution is 5.67. The second-order valence-electron chi connectivity index (χ2n) is 10.8. The fourth-order valence-corrected chi connectivity index (χ4v) is 14.2. The zero-order chi connectivity index (χ0) is 12.7. The molecule has 0 aromatic heterocycles. The molecule has 10 fully saturated rings. The molecule has 1 heteroatoms. The van der Waals surface area contributed by atoms with Gasteiger partial charge in [-0.05, 0) is 89.3 Å². The minimum atomic E-state index is 0.316. The van der Waals surface area contributed by atoms with E-state index in [1.165, 1.54) is 18.3 Å². The largest absolute Gasteiger partial charge is 0.324 e. The summed E-state index contributed by atoms with van der Waals surface area (Å²) in [7, 11) is 0. The molecule has 0 saturated heterocycles. The highest BCUT2D eigenvalue weighted by Gasteiger charge is 3.20. The van der Waals surface area contributed by atoms with Gasteiger partial charge in [0, 0.05) is 11.0 Å². The van der Waals surface area contributed by atoms with Gasteiger partial charge >= 0.3 is 0 Å². The van der Waals surface area contributed by atoms with E-state index in [-0.39, 0.29) is 0 Å². The third-order valence-corrected chi connectivity index (χ3v) is 12.7. The van der Waals surface area contributed by atoms with Crippen molar-refractivity contribution in [2.45, 2.75) is 44.6 Å². The molecule has 13 unspecified atom stereocenters. The van der Waals surface area contributed by atoms with E-state index in [0.29, 0.717) is 11.0 Å². The summed E-state index contributed by atoms with van der Waals surface area (Å²) in [5.74, 6) is 9.10. The van der Waals surface area contributed by atoms with Crippen LogP contribution in [0.25, 0.3) is 0 Å². The quantitative estimate of drug-likeness (QED) is 0.716. The molecule has 0 heterocycles. The van der Waals surface area contributed by atoms with E-state index < -0.39 is 0 Å². The molecule has 10 aliphatic rings. The Hall–Kier alpha value is -0.0400. The molecule has 13 atom stereocenters. The Morgan fingerprint density at radius 3 is 2.35 bits per heavy atom. The van der Waals surface area contributed by atoms with Crippen molar-refractivity contribution < 1.29 is 0 Å². The third kappa shape index (κ3) is 0.326. The molecule has 20 heavy (non-hydrogen) atoms. The summed E-state index contributed by atoms with van der Waals surface area (Å²) >= 11 is 0. The second-order valence-corrected chi connectivity index (χ2v) is 10.8. The molecule has 0 aliphatic heterocycles. The smallest absolute Gasteiger partial charge is 0.0288 e. The number of hydrogen-bond donors (Lipinski definition) is 1. The normalized spacial score (nSPS) is 97.5. The molecule has 0 aromatic rings. The molecule has 10 saturated carbocycles. The fraction of sp³-hybridized carbons (Fsp3) is 1.00.